The first kappa shape index (κ1) is 18.9. The van der Waals surface area contributed by atoms with Gasteiger partial charge in [0.25, 0.3) is 5.91 Å². The Morgan fingerprint density at radius 1 is 1.14 bits per heavy atom. The fourth-order valence-corrected chi connectivity index (χ4v) is 3.79. The lowest BCUT2D eigenvalue weighted by molar-refractivity contribution is -0.136. The van der Waals surface area contributed by atoms with Crippen LogP contribution >= 0.6 is 0 Å². The lowest BCUT2D eigenvalue weighted by Gasteiger charge is -2.09. The minimum atomic E-state index is -0.888. The van der Waals surface area contributed by atoms with Crippen LogP contribution in [0.4, 0.5) is 0 Å². The second-order valence-electron chi connectivity index (χ2n) is 7.51. The number of carboxylic acids is 1. The summed E-state index contributed by atoms with van der Waals surface area (Å²) in [6, 6.07) is 17.6. The number of nitrogens with one attached hydrogen (secondary N) is 1. The summed E-state index contributed by atoms with van der Waals surface area (Å²) in [6.45, 7) is 3.65. The monoisotopic (exact) mass is 389 g/mol. The van der Waals surface area contributed by atoms with E-state index < -0.39 is 5.97 Å². The van der Waals surface area contributed by atoms with Gasteiger partial charge in [0.1, 0.15) is 0 Å². The van der Waals surface area contributed by atoms with Crippen molar-refractivity contribution in [1.29, 1.82) is 0 Å². The van der Waals surface area contributed by atoms with Crippen molar-refractivity contribution in [2.24, 2.45) is 0 Å². The van der Waals surface area contributed by atoms with Crippen LogP contribution in [-0.4, -0.2) is 32.8 Å². The lowest BCUT2D eigenvalue weighted by atomic mass is 10.1. The minimum Gasteiger partial charge on any atom is -0.481 e. The number of aromatic nitrogens is 2. The number of carbonyl (C=O) groups excluding carboxylic acids is 1. The molecule has 1 aromatic heterocycles. The fraction of sp³-hybridized carbons (Fsp3) is 0.261. The number of hydrogen-bond acceptors (Lipinski definition) is 3. The highest BCUT2D eigenvalue weighted by molar-refractivity contribution is 5.95. The van der Waals surface area contributed by atoms with E-state index in [0.29, 0.717) is 22.7 Å². The Bertz CT molecular complexity index is 1070. The molecule has 148 valence electrons. The van der Waals surface area contributed by atoms with Gasteiger partial charge in [-0.1, -0.05) is 36.4 Å². The van der Waals surface area contributed by atoms with Gasteiger partial charge < -0.3 is 10.4 Å². The van der Waals surface area contributed by atoms with Crippen molar-refractivity contribution in [1.82, 2.24) is 15.1 Å². The first-order chi connectivity index (χ1) is 13.9. The van der Waals surface area contributed by atoms with Crippen LogP contribution in [0.2, 0.25) is 0 Å². The van der Waals surface area contributed by atoms with Gasteiger partial charge in [0, 0.05) is 28.8 Å². The summed E-state index contributed by atoms with van der Waals surface area (Å²) >= 11 is 0. The third kappa shape index (κ3) is 3.92. The van der Waals surface area contributed by atoms with Crippen LogP contribution in [0.3, 0.4) is 0 Å². The Hall–Kier alpha value is -3.41. The van der Waals surface area contributed by atoms with E-state index >= 15 is 0 Å². The average molecular weight is 389 g/mol. The van der Waals surface area contributed by atoms with Crippen LogP contribution in [0.15, 0.2) is 54.6 Å². The van der Waals surface area contributed by atoms with Gasteiger partial charge in [-0.3, -0.25) is 9.59 Å². The van der Waals surface area contributed by atoms with E-state index in [1.165, 1.54) is 5.56 Å². The number of aliphatic carboxylic acids is 1. The zero-order chi connectivity index (χ0) is 20.5. The van der Waals surface area contributed by atoms with E-state index in [9.17, 15) is 9.59 Å². The topological polar surface area (TPSA) is 84.2 Å². The molecule has 1 aliphatic carbocycles. The van der Waals surface area contributed by atoms with Crippen LogP contribution in [0.5, 0.6) is 0 Å². The van der Waals surface area contributed by atoms with Crippen LogP contribution in [0.25, 0.3) is 5.69 Å². The zero-order valence-electron chi connectivity index (χ0n) is 16.4. The average Bonchev–Trinajstić information content (AvgIpc) is 3.43. The molecular formula is C23H23N3O3. The third-order valence-electron chi connectivity index (χ3n) is 5.46. The van der Waals surface area contributed by atoms with E-state index in [1.807, 2.05) is 37.3 Å². The number of carboxylic acid groups (broad SMARTS) is 1. The van der Waals surface area contributed by atoms with Crippen molar-refractivity contribution in [2.45, 2.75) is 38.6 Å². The molecule has 6 nitrogen and oxygen atoms in total. The minimum absolute atomic E-state index is 0.0690. The van der Waals surface area contributed by atoms with E-state index in [4.69, 9.17) is 5.11 Å². The molecule has 0 aliphatic heterocycles. The predicted molar refractivity (Wildman–Crippen MR) is 109 cm³/mol. The highest BCUT2D eigenvalue weighted by Crippen LogP contribution is 2.40. The van der Waals surface area contributed by atoms with E-state index in [2.05, 4.69) is 22.5 Å². The molecule has 2 N–H and O–H groups in total. The summed E-state index contributed by atoms with van der Waals surface area (Å²) in [5, 5.41) is 16.7. The van der Waals surface area contributed by atoms with Crippen molar-refractivity contribution in [3.63, 3.8) is 0 Å². The molecule has 0 unspecified atom stereocenters. The van der Waals surface area contributed by atoms with Gasteiger partial charge in [-0.15, -0.1) is 0 Å². The molecule has 3 aromatic rings. The van der Waals surface area contributed by atoms with E-state index in [-0.39, 0.29) is 18.4 Å². The van der Waals surface area contributed by atoms with Gasteiger partial charge in [-0.05, 0) is 44.0 Å². The molecule has 0 bridgehead atoms. The quantitative estimate of drug-likeness (QED) is 0.677. The third-order valence-corrected chi connectivity index (χ3v) is 5.46. The van der Waals surface area contributed by atoms with Gasteiger partial charge in [-0.25, -0.2) is 4.68 Å². The molecule has 0 saturated heterocycles. The predicted octanol–water partition coefficient (Wildman–Crippen LogP) is 3.40. The van der Waals surface area contributed by atoms with Crippen molar-refractivity contribution in [3.05, 3.63) is 82.7 Å². The van der Waals surface area contributed by atoms with E-state index in [1.54, 1.807) is 23.7 Å². The Morgan fingerprint density at radius 3 is 2.62 bits per heavy atom. The molecule has 2 atom stereocenters. The van der Waals surface area contributed by atoms with E-state index in [0.717, 1.165) is 17.8 Å². The van der Waals surface area contributed by atoms with Crippen molar-refractivity contribution < 1.29 is 14.7 Å². The molecule has 1 fully saturated rings. The SMILES string of the molecule is Cc1nn(-c2cccc(C(=O)N[C@@H]3C[C@H]3c3ccccc3)c2)c(C)c1CC(=O)O. The number of amides is 1. The summed E-state index contributed by atoms with van der Waals surface area (Å²) in [7, 11) is 0. The van der Waals surface area contributed by atoms with Crippen LogP contribution < -0.4 is 5.32 Å². The van der Waals surface area contributed by atoms with Crippen LogP contribution in [-0.2, 0) is 11.2 Å². The molecular weight excluding hydrogens is 366 g/mol. The maximum Gasteiger partial charge on any atom is 0.307 e. The molecule has 2 aromatic carbocycles. The second kappa shape index (κ2) is 7.54. The normalized spacial score (nSPS) is 17.7. The number of hydrogen-bond donors (Lipinski definition) is 2. The molecule has 1 aliphatic rings. The van der Waals surface area contributed by atoms with Crippen LogP contribution in [0.1, 0.15) is 45.2 Å². The summed E-state index contributed by atoms with van der Waals surface area (Å²) in [5.41, 5.74) is 4.72. The first-order valence-electron chi connectivity index (χ1n) is 9.67. The lowest BCUT2D eigenvalue weighted by Crippen LogP contribution is -2.26. The second-order valence-corrected chi connectivity index (χ2v) is 7.51. The highest BCUT2D eigenvalue weighted by Gasteiger charge is 2.39. The van der Waals surface area contributed by atoms with Gasteiger partial charge >= 0.3 is 5.97 Å². The van der Waals surface area contributed by atoms with Crippen molar-refractivity contribution in [3.8, 4) is 5.69 Å². The number of aryl methyl sites for hydroxylation is 1. The first-order valence-corrected chi connectivity index (χ1v) is 9.67. The highest BCUT2D eigenvalue weighted by atomic mass is 16.4. The van der Waals surface area contributed by atoms with Gasteiger partial charge in [-0.2, -0.15) is 5.10 Å². The fourth-order valence-electron chi connectivity index (χ4n) is 3.79. The largest absolute Gasteiger partial charge is 0.481 e. The molecule has 6 heteroatoms. The van der Waals surface area contributed by atoms with Crippen molar-refractivity contribution >= 4 is 11.9 Å². The summed E-state index contributed by atoms with van der Waals surface area (Å²) in [5.74, 6) is -0.623. The Labute approximate surface area is 169 Å². The number of nitrogens with zero attached hydrogens (tertiary/aromatic N) is 2. The molecule has 1 heterocycles. The molecule has 29 heavy (non-hydrogen) atoms. The van der Waals surface area contributed by atoms with Crippen molar-refractivity contribution in [2.75, 3.05) is 0 Å². The Morgan fingerprint density at radius 2 is 1.90 bits per heavy atom. The standard InChI is InChI=1S/C23H23N3O3/c1-14-19(13-22(27)28)15(2)26(25-14)18-10-6-9-17(11-18)23(29)24-21-12-20(21)16-7-4-3-5-8-16/h3-11,20-21H,12-13H2,1-2H3,(H,24,29)(H,27,28)/t20-,21+/m0/s1. The van der Waals surface area contributed by atoms with Gasteiger partial charge in [0.15, 0.2) is 0 Å². The zero-order valence-corrected chi connectivity index (χ0v) is 16.4. The number of rotatable bonds is 6. The molecule has 0 spiro atoms. The van der Waals surface area contributed by atoms with Gasteiger partial charge in [0.2, 0.25) is 0 Å². The number of benzene rings is 2. The molecule has 0 radical (unpaired) electrons. The summed E-state index contributed by atoms with van der Waals surface area (Å²) < 4.78 is 1.70. The Kier molecular flexibility index (Phi) is 4.92. The molecule has 1 amide bonds. The number of carbonyl (C=O) groups is 2. The Balaban J connectivity index is 1.51. The molecule has 4 rings (SSSR count). The van der Waals surface area contributed by atoms with Crippen LogP contribution in [0, 0.1) is 13.8 Å². The smallest absolute Gasteiger partial charge is 0.307 e. The maximum atomic E-state index is 12.7. The summed E-state index contributed by atoms with van der Waals surface area (Å²) in [6.07, 6.45) is 0.881. The summed E-state index contributed by atoms with van der Waals surface area (Å²) in [4.78, 5) is 23.8. The molecule has 1 saturated carbocycles. The maximum absolute atomic E-state index is 12.7. The van der Waals surface area contributed by atoms with Gasteiger partial charge in [0.05, 0.1) is 17.8 Å².